The number of hydrogen-bond donors (Lipinski definition) is 0. The van der Waals surface area contributed by atoms with Gasteiger partial charge in [0.15, 0.2) is 0 Å². The lowest BCUT2D eigenvalue weighted by molar-refractivity contribution is -0.142. The first-order valence-electron chi connectivity index (χ1n) is 10.1. The molecule has 0 N–H and O–H groups in total. The first-order valence-corrected chi connectivity index (χ1v) is 10.1. The predicted octanol–water partition coefficient (Wildman–Crippen LogP) is 3.34. The molecule has 3 aliphatic heterocycles. The third-order valence-electron chi connectivity index (χ3n) is 6.73. The van der Waals surface area contributed by atoms with Crippen LogP contribution < -0.4 is 4.74 Å². The molecular formula is C21H26F2N2O2. The van der Waals surface area contributed by atoms with Crippen LogP contribution in [0.1, 0.15) is 37.3 Å². The molecule has 1 aromatic carbocycles. The second kappa shape index (κ2) is 6.43. The molecule has 0 unspecified atom stereocenters. The molecule has 5 rings (SSSR count). The van der Waals surface area contributed by atoms with Gasteiger partial charge in [-0.3, -0.25) is 9.69 Å². The maximum atomic E-state index is 13.5. The van der Waals surface area contributed by atoms with E-state index in [0.717, 1.165) is 24.8 Å². The number of halogens is 2. The van der Waals surface area contributed by atoms with Crippen LogP contribution in [0.4, 0.5) is 8.78 Å². The topological polar surface area (TPSA) is 32.8 Å². The molecule has 2 saturated heterocycles. The summed E-state index contributed by atoms with van der Waals surface area (Å²) in [5.74, 6) is -0.975. The fourth-order valence-corrected chi connectivity index (χ4v) is 5.04. The van der Waals surface area contributed by atoms with Gasteiger partial charge in [0.05, 0.1) is 12.5 Å². The second-order valence-corrected chi connectivity index (χ2v) is 8.64. The average Bonchev–Trinajstić information content (AvgIpc) is 3.40. The highest BCUT2D eigenvalue weighted by Gasteiger charge is 2.51. The smallest absolute Gasteiger partial charge is 0.251 e. The number of carbonyl (C=O) groups is 1. The number of piperidine rings is 1. The van der Waals surface area contributed by atoms with Gasteiger partial charge in [-0.15, -0.1) is 0 Å². The highest BCUT2D eigenvalue weighted by atomic mass is 19.3. The highest BCUT2D eigenvalue weighted by molar-refractivity contribution is 5.80. The molecule has 4 aliphatic rings. The molecule has 1 aromatic rings. The van der Waals surface area contributed by atoms with Crippen LogP contribution in [-0.2, 0) is 4.79 Å². The van der Waals surface area contributed by atoms with Gasteiger partial charge in [-0.25, -0.2) is 8.78 Å². The van der Waals surface area contributed by atoms with Crippen LogP contribution in [-0.4, -0.2) is 54.4 Å². The summed E-state index contributed by atoms with van der Waals surface area (Å²) in [5.41, 5.74) is 1.18. The molecule has 27 heavy (non-hydrogen) atoms. The molecule has 0 spiro atoms. The van der Waals surface area contributed by atoms with E-state index in [1.165, 1.54) is 18.4 Å². The van der Waals surface area contributed by atoms with Crippen LogP contribution in [0.3, 0.4) is 0 Å². The van der Waals surface area contributed by atoms with E-state index in [4.69, 9.17) is 4.74 Å². The average molecular weight is 376 g/mol. The van der Waals surface area contributed by atoms with Crippen molar-refractivity contribution in [3.05, 3.63) is 29.8 Å². The Labute approximate surface area is 158 Å². The first-order chi connectivity index (χ1) is 13.0. The van der Waals surface area contributed by atoms with Crippen molar-refractivity contribution in [1.29, 1.82) is 0 Å². The zero-order valence-electron chi connectivity index (χ0n) is 15.4. The summed E-state index contributed by atoms with van der Waals surface area (Å²) >= 11 is 0. The Morgan fingerprint density at radius 3 is 2.67 bits per heavy atom. The molecule has 146 valence electrons. The number of carbonyl (C=O) groups excluding carboxylic acids is 1. The maximum absolute atomic E-state index is 13.5. The largest absolute Gasteiger partial charge is 0.493 e. The van der Waals surface area contributed by atoms with Gasteiger partial charge < -0.3 is 9.64 Å². The molecule has 0 radical (unpaired) electrons. The Morgan fingerprint density at radius 1 is 1.19 bits per heavy atom. The molecule has 1 aliphatic carbocycles. The molecule has 0 aromatic heterocycles. The van der Waals surface area contributed by atoms with Crippen LogP contribution in [0.5, 0.6) is 5.75 Å². The predicted molar refractivity (Wildman–Crippen MR) is 96.7 cm³/mol. The van der Waals surface area contributed by atoms with Crippen molar-refractivity contribution in [2.75, 3.05) is 32.8 Å². The van der Waals surface area contributed by atoms with Gasteiger partial charge in [0.25, 0.3) is 5.92 Å². The molecule has 3 atom stereocenters. The SMILES string of the molecule is O=C([C@@H]1CN(CC2CC2)[C@H]2c3ccccc3OC[C@@H]12)N1CCC(F)(F)CC1. The number of likely N-dealkylation sites (tertiary alicyclic amines) is 2. The Hall–Kier alpha value is -1.69. The number of rotatable bonds is 3. The van der Waals surface area contributed by atoms with E-state index >= 15 is 0 Å². The summed E-state index contributed by atoms with van der Waals surface area (Å²) in [6.07, 6.45) is 2.10. The van der Waals surface area contributed by atoms with Crippen LogP contribution in [0.25, 0.3) is 0 Å². The summed E-state index contributed by atoms with van der Waals surface area (Å²) in [7, 11) is 0. The molecule has 4 nitrogen and oxygen atoms in total. The lowest BCUT2D eigenvalue weighted by atomic mass is 9.84. The summed E-state index contributed by atoms with van der Waals surface area (Å²) in [4.78, 5) is 17.4. The van der Waals surface area contributed by atoms with Crippen molar-refractivity contribution in [2.45, 2.75) is 37.6 Å². The summed E-state index contributed by atoms with van der Waals surface area (Å²) in [6, 6.07) is 8.33. The second-order valence-electron chi connectivity index (χ2n) is 8.64. The molecule has 6 heteroatoms. The van der Waals surface area contributed by atoms with E-state index in [-0.39, 0.29) is 49.7 Å². The van der Waals surface area contributed by atoms with Crippen molar-refractivity contribution < 1.29 is 18.3 Å². The minimum Gasteiger partial charge on any atom is -0.493 e. The Kier molecular flexibility index (Phi) is 4.15. The van der Waals surface area contributed by atoms with E-state index in [9.17, 15) is 13.6 Å². The van der Waals surface area contributed by atoms with Crippen molar-refractivity contribution in [3.63, 3.8) is 0 Å². The zero-order valence-corrected chi connectivity index (χ0v) is 15.4. The van der Waals surface area contributed by atoms with Crippen LogP contribution in [0, 0.1) is 17.8 Å². The number of fused-ring (bicyclic) bond motifs is 3. The van der Waals surface area contributed by atoms with E-state index in [0.29, 0.717) is 6.61 Å². The van der Waals surface area contributed by atoms with Gasteiger partial charge in [-0.05, 0) is 24.8 Å². The molecule has 3 heterocycles. The van der Waals surface area contributed by atoms with Crippen molar-refractivity contribution in [2.24, 2.45) is 17.8 Å². The number of hydrogen-bond acceptors (Lipinski definition) is 3. The monoisotopic (exact) mass is 376 g/mol. The number of nitrogens with zero attached hydrogens (tertiary/aromatic N) is 2. The summed E-state index contributed by atoms with van der Waals surface area (Å²) in [6.45, 7) is 2.61. The van der Waals surface area contributed by atoms with Crippen molar-refractivity contribution in [1.82, 2.24) is 9.80 Å². The number of alkyl halides is 2. The zero-order chi connectivity index (χ0) is 18.6. The summed E-state index contributed by atoms with van der Waals surface area (Å²) in [5, 5.41) is 0. The molecule has 1 amide bonds. The lowest BCUT2D eigenvalue weighted by Crippen LogP contribution is -2.47. The van der Waals surface area contributed by atoms with Crippen LogP contribution in [0.2, 0.25) is 0 Å². The molecule has 0 bridgehead atoms. The van der Waals surface area contributed by atoms with Gasteiger partial charge in [0.2, 0.25) is 5.91 Å². The van der Waals surface area contributed by atoms with Gasteiger partial charge in [-0.1, -0.05) is 18.2 Å². The third kappa shape index (κ3) is 3.22. The van der Waals surface area contributed by atoms with Crippen LogP contribution in [0.15, 0.2) is 24.3 Å². The lowest BCUT2D eigenvalue weighted by Gasteiger charge is -2.36. The molecule has 1 saturated carbocycles. The Morgan fingerprint density at radius 2 is 1.93 bits per heavy atom. The van der Waals surface area contributed by atoms with Gasteiger partial charge in [0, 0.05) is 56.5 Å². The van der Waals surface area contributed by atoms with E-state index < -0.39 is 5.92 Å². The fourth-order valence-electron chi connectivity index (χ4n) is 5.04. The minimum absolute atomic E-state index is 0.0433. The fraction of sp³-hybridized carbons (Fsp3) is 0.667. The van der Waals surface area contributed by atoms with E-state index in [1.54, 1.807) is 4.90 Å². The molecule has 3 fully saturated rings. The minimum atomic E-state index is -2.63. The third-order valence-corrected chi connectivity index (χ3v) is 6.73. The maximum Gasteiger partial charge on any atom is 0.251 e. The van der Waals surface area contributed by atoms with Gasteiger partial charge in [0.1, 0.15) is 5.75 Å². The van der Waals surface area contributed by atoms with Crippen molar-refractivity contribution in [3.8, 4) is 5.75 Å². The summed E-state index contributed by atoms with van der Waals surface area (Å²) < 4.78 is 33.0. The van der Waals surface area contributed by atoms with Gasteiger partial charge >= 0.3 is 0 Å². The van der Waals surface area contributed by atoms with E-state index in [2.05, 4.69) is 11.0 Å². The first kappa shape index (κ1) is 17.4. The number of benzene rings is 1. The Balaban J connectivity index is 1.39. The van der Waals surface area contributed by atoms with Crippen molar-refractivity contribution >= 4 is 5.91 Å². The normalized spacial score (nSPS) is 32.5. The van der Waals surface area contributed by atoms with Crippen LogP contribution >= 0.6 is 0 Å². The number of ether oxygens (including phenoxy) is 1. The molecular weight excluding hydrogens is 350 g/mol. The highest BCUT2D eigenvalue weighted by Crippen LogP contribution is 2.49. The number of amides is 1. The number of para-hydroxylation sites is 1. The quantitative estimate of drug-likeness (QED) is 0.811. The Bertz CT molecular complexity index is 727. The standard InChI is InChI=1S/C21H26F2N2O2/c22-21(23)7-9-24(10-8-21)20(26)16-12-25(11-14-5-6-14)19-15-3-1-2-4-18(15)27-13-17(16)19/h1-4,14,16-17,19H,5-13H2/t16-,17+,19+/m1/s1. The van der Waals surface area contributed by atoms with E-state index in [1.807, 2.05) is 18.2 Å². The van der Waals surface area contributed by atoms with Gasteiger partial charge in [-0.2, -0.15) is 0 Å².